The van der Waals surface area contributed by atoms with Crippen molar-refractivity contribution >= 4 is 18.1 Å². The van der Waals surface area contributed by atoms with Gasteiger partial charge in [0.1, 0.15) is 5.75 Å². The van der Waals surface area contributed by atoms with Crippen molar-refractivity contribution in [3.63, 3.8) is 0 Å². The van der Waals surface area contributed by atoms with Crippen LogP contribution in [0.3, 0.4) is 0 Å². The highest BCUT2D eigenvalue weighted by Gasteiger charge is 2.07. The van der Waals surface area contributed by atoms with Gasteiger partial charge in [-0.1, -0.05) is 36.4 Å². The van der Waals surface area contributed by atoms with Crippen LogP contribution < -0.4 is 10.2 Å². The molecule has 1 amide bonds. The maximum absolute atomic E-state index is 12.0. The fourth-order valence-electron chi connectivity index (χ4n) is 2.18. The second kappa shape index (κ2) is 8.39. The Morgan fingerprint density at radius 3 is 1.96 bits per heavy atom. The summed E-state index contributed by atoms with van der Waals surface area (Å²) in [5.74, 6) is -0.262. The van der Waals surface area contributed by atoms with E-state index >= 15 is 0 Å². The van der Waals surface area contributed by atoms with Crippen molar-refractivity contribution in [2.75, 3.05) is 0 Å². The zero-order valence-corrected chi connectivity index (χ0v) is 13.8. The van der Waals surface area contributed by atoms with Gasteiger partial charge >= 0.3 is 5.97 Å². The van der Waals surface area contributed by atoms with E-state index in [-0.39, 0.29) is 5.91 Å². The van der Waals surface area contributed by atoms with Gasteiger partial charge in [0.25, 0.3) is 5.91 Å². The summed E-state index contributed by atoms with van der Waals surface area (Å²) >= 11 is 0. The van der Waals surface area contributed by atoms with Crippen LogP contribution in [0.4, 0.5) is 0 Å². The first-order valence-corrected chi connectivity index (χ1v) is 7.98. The van der Waals surface area contributed by atoms with Gasteiger partial charge in [0.2, 0.25) is 0 Å². The third kappa shape index (κ3) is 4.64. The van der Waals surface area contributed by atoms with Crippen LogP contribution in [0.15, 0.2) is 90.0 Å². The Morgan fingerprint density at radius 1 is 0.769 bits per heavy atom. The van der Waals surface area contributed by atoms with Crippen LogP contribution in [-0.2, 0) is 0 Å². The largest absolute Gasteiger partial charge is 0.423 e. The van der Waals surface area contributed by atoms with Crippen LogP contribution in [0.5, 0.6) is 5.75 Å². The SMILES string of the molecule is O=C(N/N=C\c1ccc(OC(=O)c2ccccc2)cc1)c1ccccc1. The van der Waals surface area contributed by atoms with E-state index in [9.17, 15) is 9.59 Å². The fraction of sp³-hybridized carbons (Fsp3) is 0. The second-order valence-electron chi connectivity index (χ2n) is 5.39. The maximum Gasteiger partial charge on any atom is 0.343 e. The number of carbonyl (C=O) groups excluding carboxylic acids is 2. The molecule has 0 aliphatic heterocycles. The summed E-state index contributed by atoms with van der Waals surface area (Å²) in [6.07, 6.45) is 1.52. The number of rotatable bonds is 5. The number of hydrazone groups is 1. The van der Waals surface area contributed by atoms with Gasteiger partial charge in [-0.05, 0) is 54.1 Å². The van der Waals surface area contributed by atoms with Crippen LogP contribution in [-0.4, -0.2) is 18.1 Å². The third-order valence-electron chi connectivity index (χ3n) is 3.52. The quantitative estimate of drug-likeness (QED) is 0.332. The molecule has 0 fully saturated rings. The molecule has 0 heterocycles. The minimum absolute atomic E-state index is 0.282. The summed E-state index contributed by atoms with van der Waals surface area (Å²) < 4.78 is 5.30. The number of hydrogen-bond donors (Lipinski definition) is 1. The molecule has 128 valence electrons. The number of amides is 1. The second-order valence-corrected chi connectivity index (χ2v) is 5.39. The van der Waals surface area contributed by atoms with Crippen molar-refractivity contribution in [2.45, 2.75) is 0 Å². The first-order chi connectivity index (χ1) is 12.7. The highest BCUT2D eigenvalue weighted by atomic mass is 16.5. The Morgan fingerprint density at radius 2 is 1.35 bits per heavy atom. The Hall–Kier alpha value is -3.73. The molecule has 26 heavy (non-hydrogen) atoms. The summed E-state index contributed by atoms with van der Waals surface area (Å²) in [4.78, 5) is 23.8. The topological polar surface area (TPSA) is 67.8 Å². The molecular weight excluding hydrogens is 328 g/mol. The number of hydrogen-bond acceptors (Lipinski definition) is 4. The normalized spacial score (nSPS) is 10.5. The van der Waals surface area contributed by atoms with Crippen molar-refractivity contribution in [3.8, 4) is 5.75 Å². The molecule has 0 saturated heterocycles. The van der Waals surface area contributed by atoms with E-state index in [1.165, 1.54) is 6.21 Å². The lowest BCUT2D eigenvalue weighted by molar-refractivity contribution is 0.0734. The highest BCUT2D eigenvalue weighted by molar-refractivity contribution is 5.95. The van der Waals surface area contributed by atoms with Gasteiger partial charge in [-0.15, -0.1) is 0 Å². The van der Waals surface area contributed by atoms with E-state index in [0.29, 0.717) is 16.9 Å². The van der Waals surface area contributed by atoms with E-state index in [2.05, 4.69) is 10.5 Å². The van der Waals surface area contributed by atoms with Crippen LogP contribution in [0, 0.1) is 0 Å². The molecule has 5 nitrogen and oxygen atoms in total. The summed E-state index contributed by atoms with van der Waals surface area (Å²) in [6.45, 7) is 0. The molecule has 0 atom stereocenters. The fourth-order valence-corrected chi connectivity index (χ4v) is 2.18. The van der Waals surface area contributed by atoms with Gasteiger partial charge < -0.3 is 4.74 Å². The summed E-state index contributed by atoms with van der Waals surface area (Å²) in [5.41, 5.74) is 4.25. The molecule has 0 aliphatic rings. The highest BCUT2D eigenvalue weighted by Crippen LogP contribution is 2.13. The molecular formula is C21H16N2O3. The lowest BCUT2D eigenvalue weighted by atomic mass is 10.2. The molecule has 1 N–H and O–H groups in total. The molecule has 3 aromatic carbocycles. The summed E-state index contributed by atoms with van der Waals surface area (Å²) in [5, 5.41) is 3.92. The average molecular weight is 344 g/mol. The average Bonchev–Trinajstić information content (AvgIpc) is 2.70. The van der Waals surface area contributed by atoms with E-state index < -0.39 is 5.97 Å². The van der Waals surface area contributed by atoms with E-state index in [0.717, 1.165) is 5.56 Å². The molecule has 0 saturated carbocycles. The standard InChI is InChI=1S/C21H16N2O3/c24-20(17-7-3-1-4-8-17)23-22-15-16-11-13-19(14-12-16)26-21(25)18-9-5-2-6-10-18/h1-15H,(H,23,24)/b22-15-. The number of carbonyl (C=O) groups is 2. The Bertz CT molecular complexity index is 905. The first-order valence-electron chi connectivity index (χ1n) is 7.98. The predicted octanol–water partition coefficient (Wildman–Crippen LogP) is 3.67. The molecule has 0 radical (unpaired) electrons. The minimum atomic E-state index is -0.415. The van der Waals surface area contributed by atoms with E-state index in [1.807, 2.05) is 12.1 Å². The van der Waals surface area contributed by atoms with Gasteiger partial charge in [0.05, 0.1) is 11.8 Å². The van der Waals surface area contributed by atoms with Gasteiger partial charge in [0.15, 0.2) is 0 Å². The number of benzene rings is 3. The molecule has 0 aromatic heterocycles. The Kier molecular flexibility index (Phi) is 5.52. The monoisotopic (exact) mass is 344 g/mol. The summed E-state index contributed by atoms with van der Waals surface area (Å²) in [7, 11) is 0. The number of nitrogens with zero attached hydrogens (tertiary/aromatic N) is 1. The van der Waals surface area contributed by atoms with Crippen molar-refractivity contribution in [2.24, 2.45) is 5.10 Å². The van der Waals surface area contributed by atoms with Crippen LogP contribution in [0.2, 0.25) is 0 Å². The number of esters is 1. The summed E-state index contributed by atoms with van der Waals surface area (Å²) in [6, 6.07) is 24.4. The lowest BCUT2D eigenvalue weighted by Crippen LogP contribution is -2.17. The van der Waals surface area contributed by atoms with Crippen molar-refractivity contribution in [1.82, 2.24) is 5.43 Å². The maximum atomic E-state index is 12.0. The van der Waals surface area contributed by atoms with Crippen LogP contribution >= 0.6 is 0 Å². The predicted molar refractivity (Wildman–Crippen MR) is 99.3 cm³/mol. The smallest absolute Gasteiger partial charge is 0.343 e. The third-order valence-corrected chi connectivity index (χ3v) is 3.52. The zero-order chi connectivity index (χ0) is 18.2. The molecule has 0 aliphatic carbocycles. The van der Waals surface area contributed by atoms with Crippen LogP contribution in [0.25, 0.3) is 0 Å². The minimum Gasteiger partial charge on any atom is -0.423 e. The van der Waals surface area contributed by atoms with Crippen LogP contribution in [0.1, 0.15) is 26.3 Å². The molecule has 3 aromatic rings. The number of ether oxygens (including phenoxy) is 1. The molecule has 3 rings (SSSR count). The van der Waals surface area contributed by atoms with Crippen molar-refractivity contribution in [3.05, 3.63) is 102 Å². The zero-order valence-electron chi connectivity index (χ0n) is 13.8. The van der Waals surface area contributed by atoms with Crippen molar-refractivity contribution in [1.29, 1.82) is 0 Å². The molecule has 0 spiro atoms. The van der Waals surface area contributed by atoms with Gasteiger partial charge in [-0.25, -0.2) is 10.2 Å². The number of nitrogens with one attached hydrogen (secondary N) is 1. The molecule has 5 heteroatoms. The van der Waals surface area contributed by atoms with Gasteiger partial charge in [0, 0.05) is 5.56 Å². The van der Waals surface area contributed by atoms with E-state index in [1.54, 1.807) is 72.8 Å². The first kappa shape index (κ1) is 17.1. The van der Waals surface area contributed by atoms with E-state index in [4.69, 9.17) is 4.74 Å². The Labute approximate surface area is 150 Å². The lowest BCUT2D eigenvalue weighted by Gasteiger charge is -2.04. The Balaban J connectivity index is 1.56. The molecule has 0 bridgehead atoms. The van der Waals surface area contributed by atoms with Gasteiger partial charge in [-0.3, -0.25) is 4.79 Å². The van der Waals surface area contributed by atoms with Gasteiger partial charge in [-0.2, -0.15) is 5.10 Å². The molecule has 0 unspecified atom stereocenters. The van der Waals surface area contributed by atoms with Crippen molar-refractivity contribution < 1.29 is 14.3 Å².